The second kappa shape index (κ2) is 6.55. The topological polar surface area (TPSA) is 38.3 Å². The van der Waals surface area contributed by atoms with Crippen LogP contribution < -0.4 is 5.32 Å². The molecule has 1 saturated carbocycles. The number of ether oxygens (including phenoxy) is 1. The van der Waals surface area contributed by atoms with Gasteiger partial charge in [0, 0.05) is 5.69 Å². The number of carbonyl (C=O) groups excluding carboxylic acids is 1. The number of rotatable bonds is 3. The van der Waals surface area contributed by atoms with Crippen LogP contribution in [-0.4, -0.2) is 12.6 Å². The first kappa shape index (κ1) is 16.2. The molecule has 0 amide bonds. The van der Waals surface area contributed by atoms with E-state index in [2.05, 4.69) is 42.6 Å². The molecule has 0 spiro atoms. The second-order valence-electron chi connectivity index (χ2n) is 7.26. The molecule has 1 N–H and O–H groups in total. The maximum atomic E-state index is 11.9. The normalized spacial score (nSPS) is 24.2. The van der Waals surface area contributed by atoms with Crippen molar-refractivity contribution in [3.63, 3.8) is 0 Å². The van der Waals surface area contributed by atoms with Gasteiger partial charge in [-0.2, -0.15) is 0 Å². The van der Waals surface area contributed by atoms with Gasteiger partial charge in [-0.25, -0.2) is 4.79 Å². The fourth-order valence-electron chi connectivity index (χ4n) is 4.54. The Labute approximate surface area is 149 Å². The Morgan fingerprint density at radius 1 is 1.16 bits per heavy atom. The van der Waals surface area contributed by atoms with E-state index in [0.29, 0.717) is 30.0 Å². The summed E-state index contributed by atoms with van der Waals surface area (Å²) in [4.78, 5) is 11.9. The van der Waals surface area contributed by atoms with E-state index < -0.39 is 0 Å². The maximum absolute atomic E-state index is 11.9. The molecule has 1 fully saturated rings. The molecule has 0 aromatic heterocycles. The van der Waals surface area contributed by atoms with Gasteiger partial charge in [0.05, 0.1) is 18.2 Å². The van der Waals surface area contributed by atoms with Crippen LogP contribution in [0.5, 0.6) is 0 Å². The van der Waals surface area contributed by atoms with Crippen LogP contribution in [-0.2, 0) is 4.74 Å². The van der Waals surface area contributed by atoms with Crippen molar-refractivity contribution in [2.24, 2.45) is 5.92 Å². The summed E-state index contributed by atoms with van der Waals surface area (Å²) in [5, 5.41) is 3.77. The first-order valence-corrected chi connectivity index (χ1v) is 9.31. The predicted molar refractivity (Wildman–Crippen MR) is 100 cm³/mol. The number of fused-ring (bicyclic) bond motifs is 3. The highest BCUT2D eigenvalue weighted by Gasteiger charge is 2.40. The summed E-state index contributed by atoms with van der Waals surface area (Å²) in [5.74, 6) is 1.03. The molecule has 3 heteroatoms. The Balaban J connectivity index is 1.64. The van der Waals surface area contributed by atoms with Crippen molar-refractivity contribution in [1.29, 1.82) is 0 Å². The van der Waals surface area contributed by atoms with Crippen LogP contribution in [0, 0.1) is 12.8 Å². The highest BCUT2D eigenvalue weighted by molar-refractivity contribution is 5.89. The van der Waals surface area contributed by atoms with Crippen molar-refractivity contribution < 1.29 is 9.53 Å². The second-order valence-corrected chi connectivity index (χ2v) is 7.26. The van der Waals surface area contributed by atoms with Crippen LogP contribution in [0.1, 0.15) is 65.2 Å². The van der Waals surface area contributed by atoms with Gasteiger partial charge in [-0.15, -0.1) is 0 Å². The first-order valence-electron chi connectivity index (χ1n) is 9.31. The average molecular weight is 335 g/mol. The zero-order chi connectivity index (χ0) is 17.4. The van der Waals surface area contributed by atoms with Gasteiger partial charge in [-0.05, 0) is 67.9 Å². The summed E-state index contributed by atoms with van der Waals surface area (Å²) in [6.07, 6.45) is 3.83. The summed E-state index contributed by atoms with van der Waals surface area (Å²) in [6.45, 7) is 4.41. The van der Waals surface area contributed by atoms with Crippen molar-refractivity contribution >= 4 is 11.7 Å². The van der Waals surface area contributed by atoms with Gasteiger partial charge < -0.3 is 10.1 Å². The van der Waals surface area contributed by atoms with Gasteiger partial charge in [0.25, 0.3) is 0 Å². The third-order valence-electron chi connectivity index (χ3n) is 5.70. The predicted octanol–water partition coefficient (Wildman–Crippen LogP) is 5.22. The molecular weight excluding hydrogens is 310 g/mol. The molecule has 4 rings (SSSR count). The summed E-state index contributed by atoms with van der Waals surface area (Å²) >= 11 is 0. The minimum Gasteiger partial charge on any atom is -0.462 e. The molecule has 3 atom stereocenters. The Morgan fingerprint density at radius 2 is 1.96 bits per heavy atom. The van der Waals surface area contributed by atoms with Crippen molar-refractivity contribution in [1.82, 2.24) is 0 Å². The van der Waals surface area contributed by atoms with E-state index in [4.69, 9.17) is 4.74 Å². The lowest BCUT2D eigenvalue weighted by molar-refractivity contribution is 0.0526. The van der Waals surface area contributed by atoms with E-state index in [1.807, 2.05) is 19.1 Å². The monoisotopic (exact) mass is 335 g/mol. The maximum Gasteiger partial charge on any atom is 0.338 e. The molecular formula is C22H25NO2. The molecule has 0 radical (unpaired) electrons. The number of hydrogen-bond acceptors (Lipinski definition) is 3. The molecule has 2 aromatic rings. The van der Waals surface area contributed by atoms with Crippen molar-refractivity contribution in [3.8, 4) is 0 Å². The van der Waals surface area contributed by atoms with Gasteiger partial charge in [0.1, 0.15) is 0 Å². The van der Waals surface area contributed by atoms with E-state index in [1.54, 1.807) is 0 Å². The van der Waals surface area contributed by atoms with Gasteiger partial charge in [0.2, 0.25) is 0 Å². The van der Waals surface area contributed by atoms with Gasteiger partial charge >= 0.3 is 5.97 Å². The van der Waals surface area contributed by atoms with Gasteiger partial charge in [0.15, 0.2) is 0 Å². The van der Waals surface area contributed by atoms with E-state index in [-0.39, 0.29) is 5.97 Å². The minimum absolute atomic E-state index is 0.245. The molecule has 2 aromatic carbocycles. The number of anilines is 1. The molecule has 0 saturated heterocycles. The largest absolute Gasteiger partial charge is 0.462 e. The standard InChI is InChI=1S/C22H25NO2/c1-3-25-22(24)16-10-8-15(9-11-16)21-18-6-4-5-17(18)19-13-14(2)7-12-20(19)23-21/h7-13,17-18,21,23H,3-6H2,1-2H3/t17-,18+,21+/m1/s1. The number of carbonyl (C=O) groups is 1. The third kappa shape index (κ3) is 2.92. The number of esters is 1. The quantitative estimate of drug-likeness (QED) is 0.781. The molecule has 1 heterocycles. The van der Waals surface area contributed by atoms with E-state index in [1.165, 1.54) is 41.6 Å². The average Bonchev–Trinajstić information content (AvgIpc) is 3.12. The Morgan fingerprint density at radius 3 is 2.72 bits per heavy atom. The van der Waals surface area contributed by atoms with Crippen molar-refractivity contribution in [2.45, 2.75) is 45.1 Å². The molecule has 1 aliphatic heterocycles. The highest BCUT2D eigenvalue weighted by Crippen LogP contribution is 2.52. The van der Waals surface area contributed by atoms with Crippen LogP contribution in [0.4, 0.5) is 5.69 Å². The Hall–Kier alpha value is -2.29. The number of benzene rings is 2. The lowest BCUT2D eigenvalue weighted by Gasteiger charge is -2.38. The van der Waals surface area contributed by atoms with E-state index in [9.17, 15) is 4.79 Å². The van der Waals surface area contributed by atoms with Crippen LogP contribution in [0.15, 0.2) is 42.5 Å². The molecule has 0 unspecified atom stereocenters. The molecule has 25 heavy (non-hydrogen) atoms. The summed E-state index contributed by atoms with van der Waals surface area (Å²) in [6, 6.07) is 15.0. The van der Waals surface area contributed by atoms with E-state index in [0.717, 1.165) is 0 Å². The smallest absolute Gasteiger partial charge is 0.338 e. The summed E-state index contributed by atoms with van der Waals surface area (Å²) < 4.78 is 5.09. The molecule has 0 bridgehead atoms. The summed E-state index contributed by atoms with van der Waals surface area (Å²) in [5.41, 5.74) is 5.98. The van der Waals surface area contributed by atoms with Gasteiger partial charge in [-0.1, -0.05) is 36.2 Å². The third-order valence-corrected chi connectivity index (χ3v) is 5.70. The summed E-state index contributed by atoms with van der Waals surface area (Å²) in [7, 11) is 0. The molecule has 3 nitrogen and oxygen atoms in total. The number of aryl methyl sites for hydroxylation is 1. The van der Waals surface area contributed by atoms with E-state index >= 15 is 0 Å². The Bertz CT molecular complexity index is 781. The number of nitrogens with one attached hydrogen (secondary N) is 1. The fourth-order valence-corrected chi connectivity index (χ4v) is 4.54. The lowest BCUT2D eigenvalue weighted by Crippen LogP contribution is -2.28. The molecule has 2 aliphatic rings. The Kier molecular flexibility index (Phi) is 4.24. The van der Waals surface area contributed by atoms with Crippen LogP contribution in [0.25, 0.3) is 0 Å². The minimum atomic E-state index is -0.245. The fraction of sp³-hybridized carbons (Fsp3) is 0.409. The first-order chi connectivity index (χ1) is 12.2. The zero-order valence-corrected chi connectivity index (χ0v) is 14.9. The van der Waals surface area contributed by atoms with Crippen molar-refractivity contribution in [2.75, 3.05) is 11.9 Å². The zero-order valence-electron chi connectivity index (χ0n) is 14.9. The number of hydrogen-bond donors (Lipinski definition) is 1. The van der Waals surface area contributed by atoms with Crippen LogP contribution in [0.3, 0.4) is 0 Å². The molecule has 130 valence electrons. The lowest BCUT2D eigenvalue weighted by atomic mass is 9.77. The highest BCUT2D eigenvalue weighted by atomic mass is 16.5. The van der Waals surface area contributed by atoms with Gasteiger partial charge in [-0.3, -0.25) is 0 Å². The van der Waals surface area contributed by atoms with Crippen LogP contribution >= 0.6 is 0 Å². The van der Waals surface area contributed by atoms with Crippen LogP contribution in [0.2, 0.25) is 0 Å². The molecule has 1 aliphatic carbocycles. The van der Waals surface area contributed by atoms with Crippen molar-refractivity contribution in [3.05, 3.63) is 64.7 Å². The SMILES string of the molecule is CCOC(=O)c1ccc([C@@H]2Nc3ccc(C)cc3[C@@H]3CCC[C@@H]32)cc1.